The number of aromatic nitrogens is 2. The van der Waals surface area contributed by atoms with Crippen LogP contribution in [0.3, 0.4) is 0 Å². The molecule has 100 valence electrons. The smallest absolute Gasteiger partial charge is 0.309 e. The highest BCUT2D eigenvalue weighted by atomic mass is 19.1. The normalized spacial score (nSPS) is 11.4. The molecule has 0 saturated heterocycles. The van der Waals surface area contributed by atoms with E-state index >= 15 is 0 Å². The molecule has 1 aromatic carbocycles. The first-order chi connectivity index (χ1) is 8.85. The van der Waals surface area contributed by atoms with E-state index < -0.39 is 17.3 Å². The van der Waals surface area contributed by atoms with Crippen molar-refractivity contribution in [1.29, 1.82) is 0 Å². The van der Waals surface area contributed by atoms with Crippen LogP contribution < -0.4 is 5.32 Å². The molecule has 19 heavy (non-hydrogen) atoms. The third-order valence-corrected chi connectivity index (χ3v) is 2.18. The van der Waals surface area contributed by atoms with Crippen molar-refractivity contribution in [2.24, 2.45) is 0 Å². The van der Waals surface area contributed by atoms with Crippen LogP contribution in [0.15, 0.2) is 28.7 Å². The molecule has 5 nitrogen and oxygen atoms in total. The van der Waals surface area contributed by atoms with Crippen molar-refractivity contribution in [3.8, 4) is 11.5 Å². The average molecular weight is 263 g/mol. The third-order valence-electron chi connectivity index (χ3n) is 2.18. The number of amides is 1. The number of hydrogen-bond donors (Lipinski definition) is 1. The first kappa shape index (κ1) is 13.2. The van der Waals surface area contributed by atoms with Gasteiger partial charge in [-0.05, 0) is 39.0 Å². The van der Waals surface area contributed by atoms with E-state index in [-0.39, 0.29) is 11.8 Å². The van der Waals surface area contributed by atoms with Crippen molar-refractivity contribution in [1.82, 2.24) is 15.5 Å². The number of halogens is 1. The molecule has 1 heterocycles. The zero-order valence-corrected chi connectivity index (χ0v) is 10.9. The van der Waals surface area contributed by atoms with Crippen LogP contribution >= 0.6 is 0 Å². The lowest BCUT2D eigenvalue weighted by molar-refractivity contribution is 0.0884. The molecule has 2 aromatic rings. The molecule has 1 amide bonds. The fraction of sp³-hybridized carbons (Fsp3) is 0.308. The van der Waals surface area contributed by atoms with Crippen LogP contribution in [-0.2, 0) is 0 Å². The van der Waals surface area contributed by atoms with Gasteiger partial charge in [0.1, 0.15) is 5.82 Å². The fourth-order valence-electron chi connectivity index (χ4n) is 1.45. The molecule has 0 radical (unpaired) electrons. The Morgan fingerprint density at radius 2 is 2.05 bits per heavy atom. The standard InChI is InChI=1S/C13H14FN3O2/c1-13(2,3)15-10(18)12-17-16-11(19-12)8-5-4-6-9(14)7-8/h4-7H,1-3H3,(H,15,18). The Bertz CT molecular complexity index is 602. The van der Waals surface area contributed by atoms with Gasteiger partial charge in [-0.15, -0.1) is 10.2 Å². The van der Waals surface area contributed by atoms with E-state index in [0.717, 1.165) is 0 Å². The lowest BCUT2D eigenvalue weighted by Gasteiger charge is -2.18. The maximum Gasteiger partial charge on any atom is 0.309 e. The highest BCUT2D eigenvalue weighted by Gasteiger charge is 2.20. The van der Waals surface area contributed by atoms with Crippen molar-refractivity contribution in [3.63, 3.8) is 0 Å². The third kappa shape index (κ3) is 3.37. The second kappa shape index (κ2) is 4.79. The minimum absolute atomic E-state index is 0.110. The maximum absolute atomic E-state index is 13.1. The topological polar surface area (TPSA) is 68.0 Å². The Morgan fingerprint density at radius 1 is 1.32 bits per heavy atom. The second-order valence-electron chi connectivity index (χ2n) is 5.13. The molecule has 2 rings (SSSR count). The van der Waals surface area contributed by atoms with Crippen molar-refractivity contribution >= 4 is 5.91 Å². The lowest BCUT2D eigenvalue weighted by atomic mass is 10.1. The van der Waals surface area contributed by atoms with Crippen LogP contribution in [0.5, 0.6) is 0 Å². The van der Waals surface area contributed by atoms with Gasteiger partial charge in [-0.2, -0.15) is 0 Å². The Morgan fingerprint density at radius 3 is 2.68 bits per heavy atom. The van der Waals surface area contributed by atoms with Gasteiger partial charge in [-0.25, -0.2) is 4.39 Å². The summed E-state index contributed by atoms with van der Waals surface area (Å²) in [6.07, 6.45) is 0. The summed E-state index contributed by atoms with van der Waals surface area (Å²) in [4.78, 5) is 11.8. The van der Waals surface area contributed by atoms with Crippen LogP contribution in [0.4, 0.5) is 4.39 Å². The van der Waals surface area contributed by atoms with E-state index in [1.807, 2.05) is 20.8 Å². The number of rotatable bonds is 2. The fourth-order valence-corrected chi connectivity index (χ4v) is 1.45. The van der Waals surface area contributed by atoms with E-state index in [1.54, 1.807) is 6.07 Å². The van der Waals surface area contributed by atoms with E-state index in [9.17, 15) is 9.18 Å². The van der Waals surface area contributed by atoms with E-state index in [4.69, 9.17) is 4.42 Å². The quantitative estimate of drug-likeness (QED) is 0.903. The Kier molecular flexibility index (Phi) is 3.33. The molecule has 1 aromatic heterocycles. The minimum Gasteiger partial charge on any atom is -0.412 e. The highest BCUT2D eigenvalue weighted by molar-refractivity contribution is 5.90. The van der Waals surface area contributed by atoms with Crippen molar-refractivity contribution in [3.05, 3.63) is 36.0 Å². The molecule has 0 saturated carbocycles. The summed E-state index contributed by atoms with van der Waals surface area (Å²) >= 11 is 0. The Hall–Kier alpha value is -2.24. The number of carbonyl (C=O) groups excluding carboxylic acids is 1. The van der Waals surface area contributed by atoms with Crippen molar-refractivity contribution in [2.45, 2.75) is 26.3 Å². The summed E-state index contributed by atoms with van der Waals surface area (Å²) < 4.78 is 18.3. The number of carbonyl (C=O) groups is 1. The number of nitrogens with one attached hydrogen (secondary N) is 1. The lowest BCUT2D eigenvalue weighted by Crippen LogP contribution is -2.40. The van der Waals surface area contributed by atoms with Gasteiger partial charge in [0.25, 0.3) is 0 Å². The summed E-state index contributed by atoms with van der Waals surface area (Å²) in [5.74, 6) is -0.896. The first-order valence-corrected chi connectivity index (χ1v) is 5.77. The summed E-state index contributed by atoms with van der Waals surface area (Å²) in [5, 5.41) is 10.1. The van der Waals surface area contributed by atoms with Crippen LogP contribution in [0, 0.1) is 5.82 Å². The predicted molar refractivity (Wildman–Crippen MR) is 66.9 cm³/mol. The monoisotopic (exact) mass is 263 g/mol. The Labute approximate surface area is 109 Å². The molecule has 0 bridgehead atoms. The minimum atomic E-state index is -0.456. The van der Waals surface area contributed by atoms with Crippen LogP contribution in [-0.4, -0.2) is 21.6 Å². The largest absolute Gasteiger partial charge is 0.412 e. The number of hydrogen-bond acceptors (Lipinski definition) is 4. The van der Waals surface area contributed by atoms with Gasteiger partial charge < -0.3 is 9.73 Å². The van der Waals surface area contributed by atoms with Gasteiger partial charge in [0.15, 0.2) is 0 Å². The molecule has 0 aliphatic heterocycles. The summed E-state index contributed by atoms with van der Waals surface area (Å²) in [6, 6.07) is 5.73. The number of nitrogens with zero attached hydrogens (tertiary/aromatic N) is 2. The second-order valence-corrected chi connectivity index (χ2v) is 5.13. The van der Waals surface area contributed by atoms with Gasteiger partial charge in [0.05, 0.1) is 0 Å². The first-order valence-electron chi connectivity index (χ1n) is 5.77. The van der Waals surface area contributed by atoms with Gasteiger partial charge in [0.2, 0.25) is 5.89 Å². The zero-order valence-electron chi connectivity index (χ0n) is 10.9. The van der Waals surface area contributed by atoms with Gasteiger partial charge in [0, 0.05) is 11.1 Å². The predicted octanol–water partition coefficient (Wildman–Crippen LogP) is 2.40. The van der Waals surface area contributed by atoms with E-state index in [2.05, 4.69) is 15.5 Å². The van der Waals surface area contributed by atoms with Crippen LogP contribution in [0.2, 0.25) is 0 Å². The molecule has 0 aliphatic carbocycles. The van der Waals surface area contributed by atoms with Crippen LogP contribution in [0.1, 0.15) is 31.5 Å². The molecule has 0 fully saturated rings. The van der Waals surface area contributed by atoms with Crippen molar-refractivity contribution in [2.75, 3.05) is 0 Å². The summed E-state index contributed by atoms with van der Waals surface area (Å²) in [6.45, 7) is 5.53. The molecular formula is C13H14FN3O2. The van der Waals surface area contributed by atoms with Gasteiger partial charge in [-0.3, -0.25) is 4.79 Å². The molecule has 0 atom stereocenters. The van der Waals surface area contributed by atoms with Gasteiger partial charge in [-0.1, -0.05) is 6.07 Å². The molecule has 0 spiro atoms. The SMILES string of the molecule is CC(C)(C)NC(=O)c1nnc(-c2cccc(F)c2)o1. The van der Waals surface area contributed by atoms with Gasteiger partial charge >= 0.3 is 11.8 Å². The molecule has 1 N–H and O–H groups in total. The van der Waals surface area contributed by atoms with Crippen molar-refractivity contribution < 1.29 is 13.6 Å². The molecule has 6 heteroatoms. The maximum atomic E-state index is 13.1. The van der Waals surface area contributed by atoms with Crippen LogP contribution in [0.25, 0.3) is 11.5 Å². The Balaban J connectivity index is 2.22. The van der Waals surface area contributed by atoms with E-state index in [0.29, 0.717) is 5.56 Å². The van der Waals surface area contributed by atoms with E-state index in [1.165, 1.54) is 18.2 Å². The highest BCUT2D eigenvalue weighted by Crippen LogP contribution is 2.18. The zero-order chi connectivity index (χ0) is 14.0. The summed E-state index contributed by atoms with van der Waals surface area (Å²) in [7, 11) is 0. The summed E-state index contributed by atoms with van der Waals surface area (Å²) in [5.41, 5.74) is 0.0345. The number of benzene rings is 1. The average Bonchev–Trinajstić information content (AvgIpc) is 2.75. The molecule has 0 aliphatic rings. The molecular weight excluding hydrogens is 249 g/mol. The molecule has 0 unspecified atom stereocenters.